The smallest absolute Gasteiger partial charge is 0.258 e. The zero-order chi connectivity index (χ0) is 12.5. The Morgan fingerprint density at radius 2 is 1.94 bits per heavy atom. The van der Waals surface area contributed by atoms with Crippen molar-refractivity contribution in [1.82, 2.24) is 25.0 Å². The van der Waals surface area contributed by atoms with E-state index in [2.05, 4.69) is 25.7 Å². The predicted molar refractivity (Wildman–Crippen MR) is 67.0 cm³/mol. The topological polar surface area (TPSA) is 94.5 Å². The monoisotopic (exact) mass is 241 g/mol. The second-order valence-corrected chi connectivity index (χ2v) is 3.78. The zero-order valence-corrected chi connectivity index (χ0v) is 9.70. The average molecular weight is 241 g/mol. The second kappa shape index (κ2) is 4.04. The van der Waals surface area contributed by atoms with Crippen LogP contribution < -0.4 is 11.3 Å². The van der Waals surface area contributed by atoms with E-state index in [-0.39, 0.29) is 5.95 Å². The van der Waals surface area contributed by atoms with Gasteiger partial charge in [0.25, 0.3) is 5.95 Å². The molecule has 2 heterocycles. The maximum atomic E-state index is 5.29. The lowest BCUT2D eigenvalue weighted by atomic mass is 10.3. The number of hydrogen-bond donors (Lipinski definition) is 2. The van der Waals surface area contributed by atoms with Crippen molar-refractivity contribution in [3.8, 4) is 5.69 Å². The van der Waals surface area contributed by atoms with Gasteiger partial charge in [0, 0.05) is 0 Å². The number of nitrogen functional groups attached to an aromatic ring is 1. The molecule has 0 bridgehead atoms. The van der Waals surface area contributed by atoms with Crippen LogP contribution >= 0.6 is 0 Å². The van der Waals surface area contributed by atoms with E-state index in [1.165, 1.54) is 0 Å². The van der Waals surface area contributed by atoms with Gasteiger partial charge in [0.05, 0.1) is 11.4 Å². The SMILES string of the molecule is Cc1nn(-c2ccccc2)c2nc(NN)nnc12. The summed E-state index contributed by atoms with van der Waals surface area (Å²) >= 11 is 0. The van der Waals surface area contributed by atoms with E-state index in [0.717, 1.165) is 11.4 Å². The molecule has 0 atom stereocenters. The molecule has 3 rings (SSSR count). The molecular weight excluding hydrogens is 230 g/mol. The Kier molecular flexibility index (Phi) is 2.38. The second-order valence-electron chi connectivity index (χ2n) is 3.78. The van der Waals surface area contributed by atoms with Gasteiger partial charge >= 0.3 is 0 Å². The van der Waals surface area contributed by atoms with E-state index >= 15 is 0 Å². The van der Waals surface area contributed by atoms with E-state index < -0.39 is 0 Å². The van der Waals surface area contributed by atoms with Crippen molar-refractivity contribution in [3.05, 3.63) is 36.0 Å². The molecule has 3 N–H and O–H groups in total. The standard InChI is InChI=1S/C11H11N7/c1-7-9-10(13-11(14-12)16-15-9)18(17-7)8-5-3-2-4-6-8/h2-6H,12H2,1H3,(H,13,14,16). The molecule has 0 unspecified atom stereocenters. The molecule has 0 aliphatic rings. The van der Waals surface area contributed by atoms with Gasteiger partial charge in [-0.25, -0.2) is 10.5 Å². The molecule has 0 aliphatic carbocycles. The number of rotatable bonds is 2. The molecular formula is C11H11N7. The first-order chi connectivity index (χ1) is 8.79. The van der Waals surface area contributed by atoms with Crippen LogP contribution in [0.15, 0.2) is 30.3 Å². The molecule has 0 fully saturated rings. The molecule has 7 heteroatoms. The van der Waals surface area contributed by atoms with Crippen molar-refractivity contribution in [3.63, 3.8) is 0 Å². The molecule has 0 amide bonds. The number of aromatic nitrogens is 5. The van der Waals surface area contributed by atoms with Gasteiger partial charge in [-0.3, -0.25) is 5.43 Å². The average Bonchev–Trinajstić information content (AvgIpc) is 2.76. The van der Waals surface area contributed by atoms with Crippen LogP contribution in [0.1, 0.15) is 5.69 Å². The highest BCUT2D eigenvalue weighted by molar-refractivity contribution is 5.75. The number of nitrogens with two attached hydrogens (primary N) is 1. The highest BCUT2D eigenvalue weighted by Crippen LogP contribution is 2.18. The molecule has 90 valence electrons. The van der Waals surface area contributed by atoms with Crippen LogP contribution in [0.3, 0.4) is 0 Å². The summed E-state index contributed by atoms with van der Waals surface area (Å²) in [6.45, 7) is 1.87. The molecule has 3 aromatic rings. The van der Waals surface area contributed by atoms with Crippen LogP contribution in [0.5, 0.6) is 0 Å². The van der Waals surface area contributed by atoms with E-state index in [0.29, 0.717) is 11.2 Å². The summed E-state index contributed by atoms with van der Waals surface area (Å²) in [7, 11) is 0. The van der Waals surface area contributed by atoms with Crippen molar-refractivity contribution in [2.75, 3.05) is 5.43 Å². The number of nitrogens with one attached hydrogen (secondary N) is 1. The Labute approximate surface area is 103 Å². The third-order valence-electron chi connectivity index (χ3n) is 2.59. The van der Waals surface area contributed by atoms with Crippen LogP contribution in [0, 0.1) is 6.92 Å². The molecule has 2 aromatic heterocycles. The molecule has 7 nitrogen and oxygen atoms in total. The normalized spacial score (nSPS) is 10.8. The van der Waals surface area contributed by atoms with Crippen LogP contribution in [0.4, 0.5) is 5.95 Å². The lowest BCUT2D eigenvalue weighted by Gasteiger charge is -2.02. The Bertz CT molecular complexity index is 689. The Morgan fingerprint density at radius 3 is 2.67 bits per heavy atom. The van der Waals surface area contributed by atoms with Gasteiger partial charge in [0.1, 0.15) is 0 Å². The largest absolute Gasteiger partial charge is 0.291 e. The maximum Gasteiger partial charge on any atom is 0.258 e. The minimum atomic E-state index is 0.264. The van der Waals surface area contributed by atoms with Crippen molar-refractivity contribution in [1.29, 1.82) is 0 Å². The van der Waals surface area contributed by atoms with Crippen molar-refractivity contribution < 1.29 is 0 Å². The van der Waals surface area contributed by atoms with Gasteiger partial charge in [-0.15, -0.1) is 10.2 Å². The lowest BCUT2D eigenvalue weighted by molar-refractivity contribution is 0.875. The number of hydrogen-bond acceptors (Lipinski definition) is 6. The molecule has 1 aromatic carbocycles. The van der Waals surface area contributed by atoms with Gasteiger partial charge < -0.3 is 0 Å². The molecule has 0 saturated heterocycles. The maximum absolute atomic E-state index is 5.29. The third kappa shape index (κ3) is 1.57. The fraction of sp³-hybridized carbons (Fsp3) is 0.0909. The summed E-state index contributed by atoms with van der Waals surface area (Å²) in [5.41, 5.74) is 5.36. The molecule has 0 aliphatic heterocycles. The van der Waals surface area contributed by atoms with Gasteiger partial charge in [0.15, 0.2) is 11.2 Å². The number of aryl methyl sites for hydroxylation is 1. The van der Waals surface area contributed by atoms with Crippen LogP contribution in [0.2, 0.25) is 0 Å². The summed E-state index contributed by atoms with van der Waals surface area (Å²) in [5, 5.41) is 12.3. The van der Waals surface area contributed by atoms with Crippen molar-refractivity contribution in [2.24, 2.45) is 5.84 Å². The van der Waals surface area contributed by atoms with Gasteiger partial charge in [-0.05, 0) is 19.1 Å². The lowest BCUT2D eigenvalue weighted by Crippen LogP contribution is -2.11. The van der Waals surface area contributed by atoms with Crippen molar-refractivity contribution in [2.45, 2.75) is 6.92 Å². The summed E-state index contributed by atoms with van der Waals surface area (Å²) in [5.74, 6) is 5.56. The highest BCUT2D eigenvalue weighted by atomic mass is 15.4. The first-order valence-corrected chi connectivity index (χ1v) is 5.41. The fourth-order valence-corrected chi connectivity index (χ4v) is 1.75. The van der Waals surface area contributed by atoms with Crippen LogP contribution in [0.25, 0.3) is 16.9 Å². The Balaban J connectivity index is 2.29. The number of anilines is 1. The summed E-state index contributed by atoms with van der Waals surface area (Å²) in [4.78, 5) is 4.28. The number of para-hydroxylation sites is 1. The summed E-state index contributed by atoms with van der Waals surface area (Å²) < 4.78 is 1.72. The Morgan fingerprint density at radius 1 is 1.17 bits per heavy atom. The zero-order valence-electron chi connectivity index (χ0n) is 9.70. The number of nitrogens with zero attached hydrogens (tertiary/aromatic N) is 5. The van der Waals surface area contributed by atoms with Crippen LogP contribution in [-0.4, -0.2) is 25.0 Å². The fourth-order valence-electron chi connectivity index (χ4n) is 1.75. The number of hydrazine groups is 1. The third-order valence-corrected chi connectivity index (χ3v) is 2.59. The quantitative estimate of drug-likeness (QED) is 0.509. The molecule has 0 radical (unpaired) electrons. The van der Waals surface area contributed by atoms with Gasteiger partial charge in [-0.1, -0.05) is 18.2 Å². The molecule has 0 saturated carbocycles. The minimum Gasteiger partial charge on any atom is -0.291 e. The number of fused-ring (bicyclic) bond motifs is 1. The van der Waals surface area contributed by atoms with Crippen LogP contribution in [-0.2, 0) is 0 Å². The van der Waals surface area contributed by atoms with E-state index in [1.807, 2.05) is 37.3 Å². The summed E-state index contributed by atoms with van der Waals surface area (Å²) in [6, 6.07) is 9.72. The Hall–Kier alpha value is -2.54. The first-order valence-electron chi connectivity index (χ1n) is 5.41. The molecule has 0 spiro atoms. The number of benzene rings is 1. The first kappa shape index (κ1) is 10.6. The van der Waals surface area contributed by atoms with Crippen molar-refractivity contribution >= 4 is 17.1 Å². The van der Waals surface area contributed by atoms with E-state index in [1.54, 1.807) is 4.68 Å². The van der Waals surface area contributed by atoms with E-state index in [9.17, 15) is 0 Å². The predicted octanol–water partition coefficient (Wildman–Crippen LogP) is 0.805. The van der Waals surface area contributed by atoms with Gasteiger partial charge in [0.2, 0.25) is 0 Å². The van der Waals surface area contributed by atoms with E-state index in [4.69, 9.17) is 5.84 Å². The molecule has 18 heavy (non-hydrogen) atoms. The van der Waals surface area contributed by atoms with Gasteiger partial charge in [-0.2, -0.15) is 10.1 Å². The minimum absolute atomic E-state index is 0.264. The highest BCUT2D eigenvalue weighted by Gasteiger charge is 2.12. The summed E-state index contributed by atoms with van der Waals surface area (Å²) in [6.07, 6.45) is 0.